The summed E-state index contributed by atoms with van der Waals surface area (Å²) >= 11 is 18.4. The number of carbonyl (C=O) groups excluding carboxylic acids is 2. The van der Waals surface area contributed by atoms with E-state index in [4.69, 9.17) is 34.8 Å². The molecule has 0 aliphatic rings. The van der Waals surface area contributed by atoms with E-state index in [0.29, 0.717) is 28.0 Å². The van der Waals surface area contributed by atoms with Crippen LogP contribution in [0.4, 0.5) is 0 Å². The molecule has 0 fully saturated rings. The van der Waals surface area contributed by atoms with Crippen LogP contribution < -0.4 is 5.32 Å². The Bertz CT molecular complexity index is 873. The second-order valence-corrected chi connectivity index (χ2v) is 8.33. The van der Waals surface area contributed by atoms with E-state index in [2.05, 4.69) is 12.2 Å². The van der Waals surface area contributed by atoms with Crippen LogP contribution in [0.5, 0.6) is 0 Å². The Hall–Kier alpha value is -1.75. The highest BCUT2D eigenvalue weighted by molar-refractivity contribution is 6.42. The summed E-state index contributed by atoms with van der Waals surface area (Å²) < 4.78 is 0. The molecule has 2 amide bonds. The smallest absolute Gasteiger partial charge is 0.242 e. The number of rotatable bonds is 10. The average Bonchev–Trinajstić information content (AvgIpc) is 2.72. The lowest BCUT2D eigenvalue weighted by atomic mass is 10.1. The normalized spacial score (nSPS) is 11.8. The van der Waals surface area contributed by atoms with Crippen molar-refractivity contribution in [1.29, 1.82) is 0 Å². The monoisotopic (exact) mass is 468 g/mol. The molecule has 0 spiro atoms. The molecule has 1 atom stereocenters. The zero-order valence-electron chi connectivity index (χ0n) is 17.3. The van der Waals surface area contributed by atoms with Gasteiger partial charge in [0.1, 0.15) is 6.04 Å². The summed E-state index contributed by atoms with van der Waals surface area (Å²) in [6.07, 6.45) is 2.48. The van der Waals surface area contributed by atoms with Crippen molar-refractivity contribution in [2.75, 3.05) is 6.54 Å². The second kappa shape index (κ2) is 12.2. The van der Waals surface area contributed by atoms with E-state index in [-0.39, 0.29) is 24.8 Å². The van der Waals surface area contributed by atoms with E-state index in [1.54, 1.807) is 23.1 Å². The molecule has 0 bridgehead atoms. The van der Waals surface area contributed by atoms with Gasteiger partial charge in [-0.25, -0.2) is 0 Å². The third-order valence-electron chi connectivity index (χ3n) is 4.85. The summed E-state index contributed by atoms with van der Waals surface area (Å²) in [5.74, 6) is -0.329. The molecule has 0 saturated carbocycles. The molecule has 0 aliphatic heterocycles. The number of halogens is 3. The summed E-state index contributed by atoms with van der Waals surface area (Å²) in [6.45, 7) is 4.80. The fourth-order valence-electron chi connectivity index (χ4n) is 3.17. The molecule has 2 aromatic rings. The van der Waals surface area contributed by atoms with Gasteiger partial charge in [0.25, 0.3) is 0 Å². The van der Waals surface area contributed by atoms with Gasteiger partial charge in [-0.3, -0.25) is 9.59 Å². The molecule has 162 valence electrons. The van der Waals surface area contributed by atoms with Crippen molar-refractivity contribution in [1.82, 2.24) is 10.2 Å². The molecule has 1 N–H and O–H groups in total. The third kappa shape index (κ3) is 6.90. The molecule has 4 nitrogen and oxygen atoms in total. The van der Waals surface area contributed by atoms with Gasteiger partial charge in [0.2, 0.25) is 11.8 Å². The Morgan fingerprint density at radius 2 is 1.73 bits per heavy atom. The molecule has 0 aliphatic carbocycles. The molecule has 0 radical (unpaired) electrons. The van der Waals surface area contributed by atoms with Crippen LogP contribution in [0.1, 0.15) is 44.2 Å². The lowest BCUT2D eigenvalue weighted by molar-refractivity contribution is -0.140. The van der Waals surface area contributed by atoms with E-state index >= 15 is 0 Å². The van der Waals surface area contributed by atoms with Crippen molar-refractivity contribution in [3.63, 3.8) is 0 Å². The first-order valence-electron chi connectivity index (χ1n) is 10.1. The topological polar surface area (TPSA) is 49.4 Å². The van der Waals surface area contributed by atoms with Crippen LogP contribution >= 0.6 is 34.8 Å². The zero-order valence-corrected chi connectivity index (χ0v) is 19.5. The molecule has 0 saturated heterocycles. The number of amides is 2. The highest BCUT2D eigenvalue weighted by Gasteiger charge is 2.29. The minimum Gasteiger partial charge on any atom is -0.354 e. The SMILES string of the molecule is CCCCNC(=O)C(CC)N(Cc1ccc(Cl)c(Cl)c1)C(=O)Cc1ccccc1Cl. The predicted octanol–water partition coefficient (Wildman–Crippen LogP) is 5.91. The maximum absolute atomic E-state index is 13.3. The first-order chi connectivity index (χ1) is 14.4. The second-order valence-electron chi connectivity index (χ2n) is 7.11. The summed E-state index contributed by atoms with van der Waals surface area (Å²) in [7, 11) is 0. The number of nitrogens with one attached hydrogen (secondary N) is 1. The van der Waals surface area contributed by atoms with Crippen LogP contribution in [0.15, 0.2) is 42.5 Å². The molecular formula is C23H27Cl3N2O2. The Morgan fingerprint density at radius 1 is 1.00 bits per heavy atom. The van der Waals surface area contributed by atoms with Gasteiger partial charge >= 0.3 is 0 Å². The van der Waals surface area contributed by atoms with Crippen LogP contribution in [0.25, 0.3) is 0 Å². The van der Waals surface area contributed by atoms with Gasteiger partial charge in [-0.15, -0.1) is 0 Å². The minimum atomic E-state index is -0.591. The van der Waals surface area contributed by atoms with Crippen LogP contribution in [-0.2, 0) is 22.6 Å². The standard InChI is InChI=1S/C23H27Cl3N2O2/c1-3-5-12-27-23(30)21(4-2)28(15-16-10-11-19(25)20(26)13-16)22(29)14-17-8-6-7-9-18(17)24/h6-11,13,21H,3-5,12,14-15H2,1-2H3,(H,27,30). The van der Waals surface area contributed by atoms with Gasteiger partial charge in [0, 0.05) is 18.1 Å². The highest BCUT2D eigenvalue weighted by atomic mass is 35.5. The number of nitrogens with zero attached hydrogens (tertiary/aromatic N) is 1. The number of unbranched alkanes of at least 4 members (excludes halogenated alkanes) is 1. The number of benzene rings is 2. The van der Waals surface area contributed by atoms with Crippen molar-refractivity contribution in [2.24, 2.45) is 0 Å². The first-order valence-corrected chi connectivity index (χ1v) is 11.2. The van der Waals surface area contributed by atoms with Gasteiger partial charge in [0.15, 0.2) is 0 Å². The fourth-order valence-corrected chi connectivity index (χ4v) is 3.69. The highest BCUT2D eigenvalue weighted by Crippen LogP contribution is 2.25. The van der Waals surface area contributed by atoms with Gasteiger partial charge in [0.05, 0.1) is 16.5 Å². The minimum absolute atomic E-state index is 0.111. The van der Waals surface area contributed by atoms with Crippen molar-refractivity contribution < 1.29 is 9.59 Å². The van der Waals surface area contributed by atoms with E-state index in [1.165, 1.54) is 0 Å². The van der Waals surface area contributed by atoms with Crippen molar-refractivity contribution in [3.8, 4) is 0 Å². The average molecular weight is 470 g/mol. The largest absolute Gasteiger partial charge is 0.354 e. The lowest BCUT2D eigenvalue weighted by Crippen LogP contribution is -2.49. The third-order valence-corrected chi connectivity index (χ3v) is 5.96. The number of hydrogen-bond donors (Lipinski definition) is 1. The van der Waals surface area contributed by atoms with Gasteiger partial charge < -0.3 is 10.2 Å². The van der Waals surface area contributed by atoms with Crippen molar-refractivity contribution >= 4 is 46.6 Å². The van der Waals surface area contributed by atoms with E-state index in [1.807, 2.05) is 31.2 Å². The molecule has 30 heavy (non-hydrogen) atoms. The number of carbonyl (C=O) groups is 2. The summed E-state index contributed by atoms with van der Waals surface area (Å²) in [4.78, 5) is 27.7. The number of hydrogen-bond acceptors (Lipinski definition) is 2. The molecule has 2 rings (SSSR count). The van der Waals surface area contributed by atoms with Crippen molar-refractivity contribution in [3.05, 3.63) is 68.7 Å². The van der Waals surface area contributed by atoms with E-state index < -0.39 is 6.04 Å². The molecule has 0 aromatic heterocycles. The maximum Gasteiger partial charge on any atom is 0.242 e. The molecule has 2 aromatic carbocycles. The van der Waals surface area contributed by atoms with Crippen LogP contribution in [0, 0.1) is 0 Å². The first kappa shape index (κ1) is 24.5. The van der Waals surface area contributed by atoms with Gasteiger partial charge in [-0.1, -0.05) is 79.3 Å². The quantitative estimate of drug-likeness (QED) is 0.440. The van der Waals surface area contributed by atoms with Crippen molar-refractivity contribution in [2.45, 2.75) is 52.1 Å². The Morgan fingerprint density at radius 3 is 2.37 bits per heavy atom. The van der Waals surface area contributed by atoms with E-state index in [0.717, 1.165) is 24.0 Å². The Kier molecular flexibility index (Phi) is 9.96. The van der Waals surface area contributed by atoms with Gasteiger partial charge in [-0.2, -0.15) is 0 Å². The Labute approximate surface area is 193 Å². The molecule has 0 heterocycles. The Balaban J connectivity index is 2.29. The molecule has 7 heteroatoms. The van der Waals surface area contributed by atoms with Gasteiger partial charge in [-0.05, 0) is 42.2 Å². The maximum atomic E-state index is 13.3. The molecule has 1 unspecified atom stereocenters. The van der Waals surface area contributed by atoms with Crippen LogP contribution in [0.3, 0.4) is 0 Å². The fraction of sp³-hybridized carbons (Fsp3) is 0.391. The van der Waals surface area contributed by atoms with Crippen LogP contribution in [-0.4, -0.2) is 29.3 Å². The summed E-state index contributed by atoms with van der Waals surface area (Å²) in [6, 6.07) is 11.9. The summed E-state index contributed by atoms with van der Waals surface area (Å²) in [5.41, 5.74) is 1.53. The zero-order chi connectivity index (χ0) is 22.1. The van der Waals surface area contributed by atoms with E-state index in [9.17, 15) is 9.59 Å². The summed E-state index contributed by atoms with van der Waals surface area (Å²) in [5, 5.41) is 4.33. The predicted molar refractivity (Wildman–Crippen MR) is 124 cm³/mol. The van der Waals surface area contributed by atoms with Crippen LogP contribution in [0.2, 0.25) is 15.1 Å². The lowest BCUT2D eigenvalue weighted by Gasteiger charge is -2.31. The molecular weight excluding hydrogens is 443 g/mol.